The van der Waals surface area contributed by atoms with Gasteiger partial charge in [-0.1, -0.05) is 69.5 Å². The third-order valence-corrected chi connectivity index (χ3v) is 7.17. The standard InChI is InChI=1S/C23H35N3O2S/c1-19-17-21(26(27)28)13-14-22(19)24-23-25(15-16-29-23)18-20-11-9-7-5-3-2-4-6-8-10-12-20/h13-14,17,20H,2-12,15-16,18H2,1H3/b24-23-. The van der Waals surface area contributed by atoms with Crippen molar-refractivity contribution in [2.75, 3.05) is 18.8 Å². The summed E-state index contributed by atoms with van der Waals surface area (Å²) in [4.78, 5) is 18.0. The average molecular weight is 418 g/mol. The Kier molecular flexibility index (Phi) is 8.84. The molecule has 1 aliphatic carbocycles. The summed E-state index contributed by atoms with van der Waals surface area (Å²) in [6, 6.07) is 4.97. The number of nitro groups is 1. The van der Waals surface area contributed by atoms with Gasteiger partial charge in [-0.15, -0.1) is 0 Å². The van der Waals surface area contributed by atoms with Crippen molar-refractivity contribution in [1.82, 2.24) is 4.90 Å². The number of nitrogens with zero attached hydrogens (tertiary/aromatic N) is 3. The molecular formula is C23H35N3O2S. The summed E-state index contributed by atoms with van der Waals surface area (Å²) in [5.41, 5.74) is 1.85. The number of hydrogen-bond donors (Lipinski definition) is 0. The topological polar surface area (TPSA) is 58.7 Å². The van der Waals surface area contributed by atoms with E-state index in [1.807, 2.05) is 18.7 Å². The minimum Gasteiger partial charge on any atom is -0.350 e. The first-order chi connectivity index (χ1) is 14.1. The van der Waals surface area contributed by atoms with Crippen LogP contribution in [0, 0.1) is 23.0 Å². The predicted molar refractivity (Wildman–Crippen MR) is 123 cm³/mol. The molecule has 1 saturated heterocycles. The molecule has 1 saturated carbocycles. The molecule has 160 valence electrons. The highest BCUT2D eigenvalue weighted by Crippen LogP contribution is 2.30. The van der Waals surface area contributed by atoms with Gasteiger partial charge in [0.2, 0.25) is 0 Å². The average Bonchev–Trinajstić information content (AvgIpc) is 3.12. The van der Waals surface area contributed by atoms with Crippen molar-refractivity contribution < 1.29 is 4.92 Å². The van der Waals surface area contributed by atoms with Crippen molar-refractivity contribution in [3.05, 3.63) is 33.9 Å². The Hall–Kier alpha value is -1.56. The minimum atomic E-state index is -0.343. The van der Waals surface area contributed by atoms with Crippen LogP contribution in [0.3, 0.4) is 0 Å². The van der Waals surface area contributed by atoms with E-state index in [1.54, 1.807) is 18.2 Å². The fourth-order valence-corrected chi connectivity index (χ4v) is 5.44. The number of nitro benzene ring substituents is 1. The fourth-order valence-electron chi connectivity index (χ4n) is 4.43. The SMILES string of the molecule is Cc1cc([N+](=O)[O-])ccc1/N=C1\SCCN1CC1CCCCCCCCCCC1. The van der Waals surface area contributed by atoms with Crippen LogP contribution < -0.4 is 0 Å². The van der Waals surface area contributed by atoms with Crippen LogP contribution >= 0.6 is 11.8 Å². The molecule has 3 rings (SSSR count). The maximum Gasteiger partial charge on any atom is 0.269 e. The highest BCUT2D eigenvalue weighted by atomic mass is 32.2. The molecule has 1 aromatic carbocycles. The van der Waals surface area contributed by atoms with Crippen LogP contribution in [-0.4, -0.2) is 33.8 Å². The van der Waals surface area contributed by atoms with E-state index in [2.05, 4.69) is 4.90 Å². The molecule has 1 aliphatic heterocycles. The second-order valence-corrected chi connectivity index (χ2v) is 9.60. The zero-order chi connectivity index (χ0) is 20.5. The number of aryl methyl sites for hydroxylation is 1. The lowest BCUT2D eigenvalue weighted by Crippen LogP contribution is -2.30. The molecule has 0 bridgehead atoms. The van der Waals surface area contributed by atoms with Crippen LogP contribution in [0.1, 0.15) is 76.2 Å². The van der Waals surface area contributed by atoms with Gasteiger partial charge in [-0.3, -0.25) is 10.1 Å². The minimum absolute atomic E-state index is 0.135. The normalized spacial score (nSPS) is 21.7. The monoisotopic (exact) mass is 417 g/mol. The Bertz CT molecular complexity index is 695. The third kappa shape index (κ3) is 7.02. The lowest BCUT2D eigenvalue weighted by atomic mass is 9.92. The molecule has 0 atom stereocenters. The van der Waals surface area contributed by atoms with Gasteiger partial charge in [-0.25, -0.2) is 4.99 Å². The van der Waals surface area contributed by atoms with Crippen LogP contribution in [0.4, 0.5) is 11.4 Å². The Labute approximate surface area is 179 Å². The third-order valence-electron chi connectivity index (χ3n) is 6.17. The van der Waals surface area contributed by atoms with E-state index >= 15 is 0 Å². The van der Waals surface area contributed by atoms with Gasteiger partial charge in [0.25, 0.3) is 5.69 Å². The number of thioether (sulfide) groups is 1. The molecule has 6 heteroatoms. The fraction of sp³-hybridized carbons (Fsp3) is 0.696. The smallest absolute Gasteiger partial charge is 0.269 e. The van der Waals surface area contributed by atoms with Crippen molar-refractivity contribution in [2.24, 2.45) is 10.9 Å². The van der Waals surface area contributed by atoms with Gasteiger partial charge >= 0.3 is 0 Å². The van der Waals surface area contributed by atoms with E-state index < -0.39 is 0 Å². The number of rotatable bonds is 4. The molecule has 0 N–H and O–H groups in total. The first kappa shape index (κ1) is 22.1. The molecule has 2 fully saturated rings. The first-order valence-corrected chi connectivity index (χ1v) is 12.3. The highest BCUT2D eigenvalue weighted by molar-refractivity contribution is 8.14. The number of aliphatic imine (C=N–C) groups is 1. The Morgan fingerprint density at radius 1 is 1.07 bits per heavy atom. The summed E-state index contributed by atoms with van der Waals surface area (Å²) in [6.45, 7) is 4.08. The second kappa shape index (κ2) is 11.6. The summed E-state index contributed by atoms with van der Waals surface area (Å²) < 4.78 is 0. The van der Waals surface area contributed by atoms with Crippen LogP contribution in [0.2, 0.25) is 0 Å². The van der Waals surface area contributed by atoms with Crippen molar-refractivity contribution in [2.45, 2.75) is 77.6 Å². The maximum absolute atomic E-state index is 11.0. The van der Waals surface area contributed by atoms with Crippen LogP contribution in [0.5, 0.6) is 0 Å². The second-order valence-electron chi connectivity index (χ2n) is 8.54. The molecular weight excluding hydrogens is 382 g/mol. The molecule has 0 spiro atoms. The van der Waals surface area contributed by atoms with Gasteiger partial charge in [-0.2, -0.15) is 0 Å². The molecule has 0 radical (unpaired) electrons. The molecule has 0 unspecified atom stereocenters. The molecule has 1 aromatic rings. The summed E-state index contributed by atoms with van der Waals surface area (Å²) in [5.74, 6) is 1.84. The van der Waals surface area contributed by atoms with Gasteiger partial charge in [0, 0.05) is 31.0 Å². The van der Waals surface area contributed by atoms with Gasteiger partial charge in [-0.05, 0) is 37.3 Å². The summed E-state index contributed by atoms with van der Waals surface area (Å²) >= 11 is 1.82. The molecule has 1 heterocycles. The zero-order valence-electron chi connectivity index (χ0n) is 17.8. The molecule has 0 aromatic heterocycles. The molecule has 2 aliphatic rings. The Morgan fingerprint density at radius 3 is 2.28 bits per heavy atom. The summed E-state index contributed by atoms with van der Waals surface area (Å²) in [6.07, 6.45) is 15.2. The number of benzene rings is 1. The van der Waals surface area contributed by atoms with E-state index in [1.165, 1.54) is 70.6 Å². The van der Waals surface area contributed by atoms with Crippen LogP contribution in [0.25, 0.3) is 0 Å². The highest BCUT2D eigenvalue weighted by Gasteiger charge is 2.23. The summed E-state index contributed by atoms with van der Waals surface area (Å²) in [7, 11) is 0. The number of non-ortho nitro benzene ring substituents is 1. The van der Waals surface area contributed by atoms with E-state index in [0.29, 0.717) is 0 Å². The van der Waals surface area contributed by atoms with E-state index in [0.717, 1.165) is 41.2 Å². The Balaban J connectivity index is 1.64. The lowest BCUT2D eigenvalue weighted by molar-refractivity contribution is -0.384. The first-order valence-electron chi connectivity index (χ1n) is 11.3. The maximum atomic E-state index is 11.0. The lowest BCUT2D eigenvalue weighted by Gasteiger charge is -2.25. The largest absolute Gasteiger partial charge is 0.350 e. The van der Waals surface area contributed by atoms with Gasteiger partial charge in [0.05, 0.1) is 10.6 Å². The molecule has 0 amide bonds. The van der Waals surface area contributed by atoms with E-state index in [-0.39, 0.29) is 10.6 Å². The molecule has 29 heavy (non-hydrogen) atoms. The van der Waals surface area contributed by atoms with E-state index in [4.69, 9.17) is 4.99 Å². The summed E-state index contributed by atoms with van der Waals surface area (Å²) in [5, 5.41) is 12.1. The van der Waals surface area contributed by atoms with Crippen molar-refractivity contribution in [3.8, 4) is 0 Å². The van der Waals surface area contributed by atoms with Gasteiger partial charge < -0.3 is 4.90 Å². The zero-order valence-corrected chi connectivity index (χ0v) is 18.6. The predicted octanol–water partition coefficient (Wildman–Crippen LogP) is 6.86. The Morgan fingerprint density at radius 2 is 1.69 bits per heavy atom. The van der Waals surface area contributed by atoms with Crippen molar-refractivity contribution >= 4 is 28.3 Å². The quantitative estimate of drug-likeness (QED) is 0.396. The number of amidine groups is 1. The van der Waals surface area contributed by atoms with Gasteiger partial charge in [0.15, 0.2) is 5.17 Å². The van der Waals surface area contributed by atoms with Crippen molar-refractivity contribution in [3.63, 3.8) is 0 Å². The van der Waals surface area contributed by atoms with Crippen molar-refractivity contribution in [1.29, 1.82) is 0 Å². The van der Waals surface area contributed by atoms with Gasteiger partial charge in [0.1, 0.15) is 0 Å². The van der Waals surface area contributed by atoms with E-state index in [9.17, 15) is 10.1 Å². The van der Waals surface area contributed by atoms with Crippen LogP contribution in [0.15, 0.2) is 23.2 Å². The number of hydrogen-bond acceptors (Lipinski definition) is 4. The molecule has 5 nitrogen and oxygen atoms in total. The van der Waals surface area contributed by atoms with Crippen LogP contribution in [-0.2, 0) is 0 Å².